The van der Waals surface area contributed by atoms with Gasteiger partial charge in [0, 0.05) is 0 Å². The third kappa shape index (κ3) is 1.32. The first-order chi connectivity index (χ1) is 6.93. The Kier molecular flexibility index (Phi) is 1.98. The lowest BCUT2D eigenvalue weighted by Crippen LogP contribution is -2.40. The lowest BCUT2D eigenvalue weighted by molar-refractivity contribution is 0.236. The summed E-state index contributed by atoms with van der Waals surface area (Å²) in [6.45, 7) is 2.38. The van der Waals surface area contributed by atoms with Gasteiger partial charge in [-0.3, -0.25) is 0 Å². The molecule has 14 heavy (non-hydrogen) atoms. The third-order valence-corrected chi connectivity index (χ3v) is 3.64. The molecule has 0 amide bonds. The Bertz CT molecular complexity index is 304. The molecule has 1 N–H and O–H groups in total. The van der Waals surface area contributed by atoms with Gasteiger partial charge in [0.05, 0.1) is 12.4 Å². The second kappa shape index (κ2) is 3.31. The lowest BCUT2D eigenvalue weighted by Gasteiger charge is -2.36. The number of aromatic nitrogens is 2. The summed E-state index contributed by atoms with van der Waals surface area (Å²) >= 11 is 0. The Morgan fingerprint density at radius 2 is 1.79 bits per heavy atom. The molecule has 1 aliphatic carbocycles. The average Bonchev–Trinajstić information content (AvgIpc) is 2.26. The summed E-state index contributed by atoms with van der Waals surface area (Å²) in [6, 6.07) is 0. The van der Waals surface area contributed by atoms with E-state index in [0.717, 1.165) is 11.8 Å². The summed E-state index contributed by atoms with van der Waals surface area (Å²) in [4.78, 5) is 0. The quantitative estimate of drug-likeness (QED) is 0.656. The zero-order valence-corrected chi connectivity index (χ0v) is 8.24. The molecule has 1 aromatic heterocycles. The van der Waals surface area contributed by atoms with Crippen molar-refractivity contribution in [1.82, 2.24) is 15.5 Å². The fourth-order valence-electron chi connectivity index (χ4n) is 2.79. The van der Waals surface area contributed by atoms with Crippen LogP contribution in [0.25, 0.3) is 0 Å². The van der Waals surface area contributed by atoms with Crippen molar-refractivity contribution >= 4 is 0 Å². The molecule has 0 bridgehead atoms. The molecule has 1 aromatic rings. The van der Waals surface area contributed by atoms with Gasteiger partial charge in [-0.1, -0.05) is 0 Å². The molecular formula is C11H15N3. The van der Waals surface area contributed by atoms with E-state index < -0.39 is 0 Å². The van der Waals surface area contributed by atoms with E-state index in [1.165, 1.54) is 43.5 Å². The summed E-state index contributed by atoms with van der Waals surface area (Å²) in [6.07, 6.45) is 7.64. The van der Waals surface area contributed by atoms with Crippen molar-refractivity contribution in [3.8, 4) is 0 Å². The maximum atomic E-state index is 3.97. The fraction of sp³-hybridized carbons (Fsp3) is 0.636. The van der Waals surface area contributed by atoms with Crippen LogP contribution in [0.15, 0.2) is 12.4 Å². The smallest absolute Gasteiger partial charge is 0.0531 e. The molecule has 2 atom stereocenters. The highest BCUT2D eigenvalue weighted by Crippen LogP contribution is 2.32. The summed E-state index contributed by atoms with van der Waals surface area (Å²) in [5.74, 6) is 1.72. The van der Waals surface area contributed by atoms with Crippen LogP contribution in [0.5, 0.6) is 0 Å². The Balaban J connectivity index is 1.91. The molecule has 2 heterocycles. The first kappa shape index (κ1) is 8.36. The summed E-state index contributed by atoms with van der Waals surface area (Å²) in [5.41, 5.74) is 2.85. The van der Waals surface area contributed by atoms with Gasteiger partial charge in [-0.15, -0.1) is 0 Å². The van der Waals surface area contributed by atoms with Crippen LogP contribution < -0.4 is 5.32 Å². The van der Waals surface area contributed by atoms with Gasteiger partial charge in [0.1, 0.15) is 0 Å². The van der Waals surface area contributed by atoms with Crippen LogP contribution in [-0.4, -0.2) is 23.3 Å². The third-order valence-electron chi connectivity index (χ3n) is 3.64. The molecule has 0 radical (unpaired) electrons. The monoisotopic (exact) mass is 189 g/mol. The predicted octanol–water partition coefficient (Wildman–Crippen LogP) is 0.801. The fourth-order valence-corrected chi connectivity index (χ4v) is 2.79. The number of hydrogen-bond donors (Lipinski definition) is 1. The number of nitrogens with zero attached hydrogens (tertiary/aromatic N) is 2. The highest BCUT2D eigenvalue weighted by molar-refractivity contribution is 5.25. The summed E-state index contributed by atoms with van der Waals surface area (Å²) in [7, 11) is 0. The second-order valence-corrected chi connectivity index (χ2v) is 4.46. The molecule has 3 nitrogen and oxygen atoms in total. The van der Waals surface area contributed by atoms with E-state index in [9.17, 15) is 0 Å². The first-order valence-electron chi connectivity index (χ1n) is 5.42. The average molecular weight is 189 g/mol. The molecule has 0 saturated carbocycles. The molecule has 1 aliphatic heterocycles. The van der Waals surface area contributed by atoms with Crippen LogP contribution in [0, 0.1) is 11.8 Å². The Hall–Kier alpha value is -0.960. The first-order valence-corrected chi connectivity index (χ1v) is 5.42. The van der Waals surface area contributed by atoms with Crippen molar-refractivity contribution in [1.29, 1.82) is 0 Å². The zero-order chi connectivity index (χ0) is 9.38. The van der Waals surface area contributed by atoms with E-state index in [1.54, 1.807) is 0 Å². The van der Waals surface area contributed by atoms with Crippen molar-refractivity contribution < 1.29 is 0 Å². The maximum Gasteiger partial charge on any atom is 0.0531 e. The van der Waals surface area contributed by atoms with Gasteiger partial charge in [0.25, 0.3) is 0 Å². The van der Waals surface area contributed by atoms with E-state index in [1.807, 2.05) is 12.4 Å². The van der Waals surface area contributed by atoms with Crippen molar-refractivity contribution in [3.05, 3.63) is 23.5 Å². The van der Waals surface area contributed by atoms with E-state index in [-0.39, 0.29) is 0 Å². The van der Waals surface area contributed by atoms with E-state index in [4.69, 9.17) is 0 Å². The molecule has 3 rings (SSSR count). The second-order valence-electron chi connectivity index (χ2n) is 4.46. The standard InChI is InChI=1S/C11H15N3/c1-2-12-5-9-4-11-7-14-13-6-10(11)3-8(1)9/h6-9,12H,1-5H2. The van der Waals surface area contributed by atoms with Gasteiger partial charge in [-0.05, 0) is 55.3 Å². The minimum atomic E-state index is 0.834. The van der Waals surface area contributed by atoms with Crippen molar-refractivity contribution in [2.45, 2.75) is 19.3 Å². The zero-order valence-electron chi connectivity index (χ0n) is 8.24. The number of piperidine rings is 1. The Morgan fingerprint density at radius 3 is 2.57 bits per heavy atom. The van der Waals surface area contributed by atoms with Crippen LogP contribution in [0.4, 0.5) is 0 Å². The summed E-state index contributed by atoms with van der Waals surface area (Å²) < 4.78 is 0. The Labute approximate surface area is 83.9 Å². The number of fused-ring (bicyclic) bond motifs is 2. The summed E-state index contributed by atoms with van der Waals surface area (Å²) in [5, 5.41) is 11.4. The molecule has 74 valence electrons. The topological polar surface area (TPSA) is 37.8 Å². The highest BCUT2D eigenvalue weighted by Gasteiger charge is 2.30. The van der Waals surface area contributed by atoms with Crippen LogP contribution in [0.2, 0.25) is 0 Å². The molecule has 2 unspecified atom stereocenters. The van der Waals surface area contributed by atoms with Gasteiger partial charge in [-0.25, -0.2) is 0 Å². The van der Waals surface area contributed by atoms with Crippen molar-refractivity contribution in [2.24, 2.45) is 11.8 Å². The molecule has 1 saturated heterocycles. The SMILES string of the molecule is c1nncc2c1CC1CCNCC1C2. The number of hydrogen-bond acceptors (Lipinski definition) is 3. The van der Waals surface area contributed by atoms with E-state index >= 15 is 0 Å². The normalized spacial score (nSPS) is 30.6. The minimum Gasteiger partial charge on any atom is -0.316 e. The van der Waals surface area contributed by atoms with Gasteiger partial charge >= 0.3 is 0 Å². The minimum absolute atomic E-state index is 0.834. The van der Waals surface area contributed by atoms with E-state index in [2.05, 4.69) is 15.5 Å². The van der Waals surface area contributed by atoms with Crippen LogP contribution in [0.1, 0.15) is 17.5 Å². The van der Waals surface area contributed by atoms with Crippen LogP contribution in [-0.2, 0) is 12.8 Å². The van der Waals surface area contributed by atoms with Gasteiger partial charge < -0.3 is 5.32 Å². The lowest BCUT2D eigenvalue weighted by atomic mass is 9.74. The molecule has 1 fully saturated rings. The van der Waals surface area contributed by atoms with E-state index in [0.29, 0.717) is 0 Å². The maximum absolute atomic E-state index is 3.97. The van der Waals surface area contributed by atoms with Crippen LogP contribution >= 0.6 is 0 Å². The van der Waals surface area contributed by atoms with Crippen LogP contribution in [0.3, 0.4) is 0 Å². The molecule has 0 aromatic carbocycles. The highest BCUT2D eigenvalue weighted by atomic mass is 15.1. The van der Waals surface area contributed by atoms with Crippen molar-refractivity contribution in [2.75, 3.05) is 13.1 Å². The number of nitrogens with one attached hydrogen (secondary N) is 1. The molecule has 0 spiro atoms. The molecular weight excluding hydrogens is 174 g/mol. The van der Waals surface area contributed by atoms with Gasteiger partial charge in [0.2, 0.25) is 0 Å². The van der Waals surface area contributed by atoms with Gasteiger partial charge in [-0.2, -0.15) is 10.2 Å². The van der Waals surface area contributed by atoms with Gasteiger partial charge in [0.15, 0.2) is 0 Å². The van der Waals surface area contributed by atoms with Crippen molar-refractivity contribution in [3.63, 3.8) is 0 Å². The Morgan fingerprint density at radius 1 is 1.07 bits per heavy atom. The molecule has 2 aliphatic rings. The number of rotatable bonds is 0. The predicted molar refractivity (Wildman–Crippen MR) is 53.9 cm³/mol. The largest absolute Gasteiger partial charge is 0.316 e. The molecule has 3 heteroatoms.